The first-order valence-corrected chi connectivity index (χ1v) is 3.81. The summed E-state index contributed by atoms with van der Waals surface area (Å²) in [5.41, 5.74) is 0. The van der Waals surface area contributed by atoms with Crippen LogP contribution in [0.5, 0.6) is 0 Å². The molecule has 11 heavy (non-hydrogen) atoms. The van der Waals surface area contributed by atoms with Gasteiger partial charge in [-0.3, -0.25) is 4.79 Å². The van der Waals surface area contributed by atoms with Gasteiger partial charge in [-0.15, -0.1) is 0 Å². The Bertz CT molecular complexity index is 124. The Balaban J connectivity index is 4.00. The van der Waals surface area contributed by atoms with Gasteiger partial charge in [0.15, 0.2) is 0 Å². The number of hydrogen-bond acceptors (Lipinski definition) is 1. The van der Waals surface area contributed by atoms with E-state index < -0.39 is 12.1 Å². The van der Waals surface area contributed by atoms with Gasteiger partial charge < -0.3 is 5.11 Å². The number of carboxylic acid groups (broad SMARTS) is 1. The molecule has 3 heteroatoms. The Morgan fingerprint density at radius 1 is 1.45 bits per heavy atom. The maximum absolute atomic E-state index is 12.7. The van der Waals surface area contributed by atoms with Crippen molar-refractivity contribution in [3.05, 3.63) is 0 Å². The molecule has 0 bridgehead atoms. The van der Waals surface area contributed by atoms with Crippen molar-refractivity contribution in [1.29, 1.82) is 0 Å². The summed E-state index contributed by atoms with van der Waals surface area (Å²) in [5.74, 6) is -1.19. The fourth-order valence-corrected chi connectivity index (χ4v) is 1.13. The summed E-state index contributed by atoms with van der Waals surface area (Å²) in [6, 6.07) is 0. The van der Waals surface area contributed by atoms with Crippen LogP contribution in [0, 0.1) is 11.8 Å². The second kappa shape index (κ2) is 4.31. The topological polar surface area (TPSA) is 37.3 Å². The lowest BCUT2D eigenvalue weighted by Crippen LogP contribution is -2.22. The minimum atomic E-state index is -1.04. The predicted octanol–water partition coefficient (Wildman–Crippen LogP) is 2.09. The second-order valence-electron chi connectivity index (χ2n) is 3.18. The maximum atomic E-state index is 12.7. The quantitative estimate of drug-likeness (QED) is 0.687. The van der Waals surface area contributed by atoms with Crippen LogP contribution in [0.3, 0.4) is 0 Å². The molecule has 0 aromatic rings. The molecule has 1 N–H and O–H groups in total. The van der Waals surface area contributed by atoms with Crippen molar-refractivity contribution in [2.45, 2.75) is 33.4 Å². The summed E-state index contributed by atoms with van der Waals surface area (Å²) in [7, 11) is 0. The number of hydrogen-bond donors (Lipinski definition) is 1. The van der Waals surface area contributed by atoms with Crippen LogP contribution in [0.25, 0.3) is 0 Å². The molecular weight excluding hydrogens is 147 g/mol. The Morgan fingerprint density at radius 3 is 2.00 bits per heavy atom. The van der Waals surface area contributed by atoms with Gasteiger partial charge >= 0.3 is 5.97 Å². The third-order valence-corrected chi connectivity index (χ3v) is 1.86. The highest BCUT2D eigenvalue weighted by atomic mass is 19.1. The van der Waals surface area contributed by atoms with Crippen LogP contribution in [-0.4, -0.2) is 17.2 Å². The summed E-state index contributed by atoms with van der Waals surface area (Å²) < 4.78 is 12.7. The Hall–Kier alpha value is -0.600. The van der Waals surface area contributed by atoms with Crippen LogP contribution in [0.1, 0.15) is 27.2 Å². The molecule has 2 atom stereocenters. The maximum Gasteiger partial charge on any atom is 0.303 e. The monoisotopic (exact) mass is 162 g/mol. The van der Waals surface area contributed by atoms with Crippen LogP contribution in [0.2, 0.25) is 0 Å². The van der Waals surface area contributed by atoms with Crippen LogP contribution in [0.15, 0.2) is 0 Å². The number of carbonyl (C=O) groups is 1. The average Bonchev–Trinajstić information content (AvgIpc) is 1.81. The fraction of sp³-hybridized carbons (Fsp3) is 0.875. The molecule has 0 amide bonds. The van der Waals surface area contributed by atoms with Gasteiger partial charge in [-0.2, -0.15) is 0 Å². The average molecular weight is 162 g/mol. The molecule has 0 saturated carbocycles. The third-order valence-electron chi connectivity index (χ3n) is 1.86. The summed E-state index contributed by atoms with van der Waals surface area (Å²) in [6.45, 7) is 5.08. The van der Waals surface area contributed by atoms with Gasteiger partial charge in [0.1, 0.15) is 6.17 Å². The highest BCUT2D eigenvalue weighted by Crippen LogP contribution is 2.21. The van der Waals surface area contributed by atoms with Gasteiger partial charge in [-0.1, -0.05) is 13.8 Å². The van der Waals surface area contributed by atoms with Gasteiger partial charge in [0.25, 0.3) is 0 Å². The molecule has 0 fully saturated rings. The number of carboxylic acids is 1. The van der Waals surface area contributed by atoms with Crippen LogP contribution in [0.4, 0.5) is 4.39 Å². The largest absolute Gasteiger partial charge is 0.481 e. The minimum absolute atomic E-state index is 0.0741. The number of aliphatic carboxylic acids is 1. The first-order chi connectivity index (χ1) is 4.95. The smallest absolute Gasteiger partial charge is 0.303 e. The SMILES string of the molecule is CC(C)C(CC(=O)O)C(C)F. The van der Waals surface area contributed by atoms with Crippen LogP contribution in [-0.2, 0) is 4.79 Å². The Kier molecular flexibility index (Phi) is 4.08. The first-order valence-electron chi connectivity index (χ1n) is 3.81. The van der Waals surface area contributed by atoms with E-state index in [9.17, 15) is 9.18 Å². The third kappa shape index (κ3) is 3.96. The predicted molar refractivity (Wildman–Crippen MR) is 41.2 cm³/mol. The zero-order chi connectivity index (χ0) is 9.02. The van der Waals surface area contributed by atoms with E-state index in [1.807, 2.05) is 13.8 Å². The van der Waals surface area contributed by atoms with Crippen molar-refractivity contribution < 1.29 is 14.3 Å². The molecule has 2 unspecified atom stereocenters. The lowest BCUT2D eigenvalue weighted by atomic mass is 9.89. The Morgan fingerprint density at radius 2 is 1.91 bits per heavy atom. The molecule has 0 aliphatic rings. The highest BCUT2D eigenvalue weighted by molar-refractivity contribution is 5.67. The molecular formula is C8H15FO2. The Labute approximate surface area is 66.4 Å². The zero-order valence-electron chi connectivity index (χ0n) is 7.17. The van der Waals surface area contributed by atoms with Crippen molar-refractivity contribution in [1.82, 2.24) is 0 Å². The molecule has 0 aliphatic carbocycles. The molecule has 2 nitrogen and oxygen atoms in total. The van der Waals surface area contributed by atoms with Crippen molar-refractivity contribution in [2.75, 3.05) is 0 Å². The highest BCUT2D eigenvalue weighted by Gasteiger charge is 2.22. The molecule has 0 aromatic carbocycles. The molecule has 0 rings (SSSR count). The zero-order valence-corrected chi connectivity index (χ0v) is 7.17. The molecule has 0 aliphatic heterocycles. The van der Waals surface area contributed by atoms with Crippen molar-refractivity contribution in [3.8, 4) is 0 Å². The minimum Gasteiger partial charge on any atom is -0.481 e. The van der Waals surface area contributed by atoms with E-state index in [2.05, 4.69) is 0 Å². The van der Waals surface area contributed by atoms with Gasteiger partial charge in [0.05, 0.1) is 6.42 Å². The van der Waals surface area contributed by atoms with Crippen LogP contribution >= 0.6 is 0 Å². The molecule has 0 aromatic heterocycles. The standard InChI is InChI=1S/C8H15FO2/c1-5(2)7(6(3)9)4-8(10)11/h5-7H,4H2,1-3H3,(H,10,11). The van der Waals surface area contributed by atoms with Crippen LogP contribution < -0.4 is 0 Å². The summed E-state index contributed by atoms with van der Waals surface area (Å²) in [5, 5.41) is 8.41. The number of halogens is 1. The van der Waals surface area contributed by atoms with Gasteiger partial charge in [-0.05, 0) is 12.8 Å². The summed E-state index contributed by atoms with van der Waals surface area (Å²) >= 11 is 0. The van der Waals surface area contributed by atoms with Gasteiger partial charge in [-0.25, -0.2) is 4.39 Å². The number of rotatable bonds is 4. The first kappa shape index (κ1) is 10.4. The molecule has 0 saturated heterocycles. The van der Waals surface area contributed by atoms with E-state index in [0.29, 0.717) is 0 Å². The molecule has 66 valence electrons. The van der Waals surface area contributed by atoms with E-state index in [1.165, 1.54) is 6.92 Å². The molecule has 0 spiro atoms. The molecule has 0 heterocycles. The summed E-state index contributed by atoms with van der Waals surface area (Å²) in [4.78, 5) is 10.3. The van der Waals surface area contributed by atoms with E-state index in [0.717, 1.165) is 0 Å². The summed E-state index contributed by atoms with van der Waals surface area (Å²) in [6.07, 6.45) is -1.11. The lowest BCUT2D eigenvalue weighted by molar-refractivity contribution is -0.139. The second-order valence-corrected chi connectivity index (χ2v) is 3.18. The van der Waals surface area contributed by atoms with E-state index in [4.69, 9.17) is 5.11 Å². The normalized spacial score (nSPS) is 16.5. The van der Waals surface area contributed by atoms with E-state index in [-0.39, 0.29) is 18.3 Å². The van der Waals surface area contributed by atoms with Crippen molar-refractivity contribution in [2.24, 2.45) is 11.8 Å². The van der Waals surface area contributed by atoms with E-state index in [1.54, 1.807) is 0 Å². The molecule has 0 radical (unpaired) electrons. The van der Waals surface area contributed by atoms with Crippen molar-refractivity contribution in [3.63, 3.8) is 0 Å². The fourth-order valence-electron chi connectivity index (χ4n) is 1.13. The lowest BCUT2D eigenvalue weighted by Gasteiger charge is -2.19. The van der Waals surface area contributed by atoms with Gasteiger partial charge in [0.2, 0.25) is 0 Å². The van der Waals surface area contributed by atoms with Gasteiger partial charge in [0, 0.05) is 5.92 Å². The van der Waals surface area contributed by atoms with Crippen molar-refractivity contribution >= 4 is 5.97 Å². The van der Waals surface area contributed by atoms with E-state index >= 15 is 0 Å². The number of alkyl halides is 1.